The topological polar surface area (TPSA) is 84.0 Å². The predicted molar refractivity (Wildman–Crippen MR) is 156 cm³/mol. The van der Waals surface area contributed by atoms with Gasteiger partial charge in [0.25, 0.3) is 0 Å². The zero-order chi connectivity index (χ0) is 28.2. The van der Waals surface area contributed by atoms with Crippen molar-refractivity contribution < 1.29 is 21.6 Å². The molecule has 2 fully saturated rings. The van der Waals surface area contributed by atoms with E-state index in [2.05, 4.69) is 37.5 Å². The summed E-state index contributed by atoms with van der Waals surface area (Å²) in [6.07, 6.45) is 2.39. The normalized spacial score (nSPS) is 25.4. The third-order valence-electron chi connectivity index (χ3n) is 7.84. The van der Waals surface area contributed by atoms with Gasteiger partial charge >= 0.3 is 0 Å². The molecule has 2 saturated heterocycles. The van der Waals surface area contributed by atoms with Crippen LogP contribution in [-0.2, 0) is 19.7 Å². The largest absolute Gasteiger partial charge is 0.457 e. The minimum absolute atomic E-state index is 0.0956. The molecule has 0 N–H and O–H groups in total. The Morgan fingerprint density at radius 3 is 1.21 bits per heavy atom. The SMILES string of the molecule is C[C@@H]1C[C@@H](C)CN(CCS(=O)(=O)c2ccc(Oc3ccc(S(=O)(=O)CCN4C[C@H](C)C[C@H](C)C4)cc3)cc2)C1. The number of hydrogen-bond donors (Lipinski definition) is 0. The molecule has 0 bridgehead atoms. The number of likely N-dealkylation sites (tertiary alicyclic amines) is 2. The number of ether oxygens (including phenoxy) is 1. The molecule has 0 unspecified atom stereocenters. The summed E-state index contributed by atoms with van der Waals surface area (Å²) in [6.45, 7) is 13.8. The van der Waals surface area contributed by atoms with Gasteiger partial charge in [0.2, 0.25) is 0 Å². The van der Waals surface area contributed by atoms with Crippen LogP contribution in [0.5, 0.6) is 11.5 Å². The number of benzene rings is 2. The van der Waals surface area contributed by atoms with Crippen LogP contribution >= 0.6 is 0 Å². The molecule has 4 atom stereocenters. The molecule has 2 heterocycles. The zero-order valence-electron chi connectivity index (χ0n) is 23.8. The van der Waals surface area contributed by atoms with Gasteiger partial charge in [-0.1, -0.05) is 27.7 Å². The summed E-state index contributed by atoms with van der Waals surface area (Å²) in [5, 5.41) is 0. The van der Waals surface area contributed by atoms with Gasteiger partial charge in [0.05, 0.1) is 21.3 Å². The van der Waals surface area contributed by atoms with Crippen LogP contribution in [0.2, 0.25) is 0 Å². The van der Waals surface area contributed by atoms with Crippen LogP contribution in [0.4, 0.5) is 0 Å². The van der Waals surface area contributed by atoms with E-state index in [1.807, 2.05) is 0 Å². The Morgan fingerprint density at radius 2 is 0.897 bits per heavy atom. The first kappa shape index (κ1) is 30.0. The van der Waals surface area contributed by atoms with Gasteiger partial charge in [-0.2, -0.15) is 0 Å². The zero-order valence-corrected chi connectivity index (χ0v) is 25.4. The monoisotopic (exact) mass is 576 g/mol. The van der Waals surface area contributed by atoms with Crippen LogP contribution < -0.4 is 4.74 Å². The van der Waals surface area contributed by atoms with Crippen molar-refractivity contribution in [3.8, 4) is 11.5 Å². The highest BCUT2D eigenvalue weighted by atomic mass is 32.2. The summed E-state index contributed by atoms with van der Waals surface area (Å²) in [7, 11) is -6.79. The molecule has 216 valence electrons. The molecule has 0 saturated carbocycles. The first-order chi connectivity index (χ1) is 18.4. The second kappa shape index (κ2) is 12.7. The molecule has 2 aromatic carbocycles. The van der Waals surface area contributed by atoms with Crippen LogP contribution in [0.1, 0.15) is 40.5 Å². The van der Waals surface area contributed by atoms with Crippen molar-refractivity contribution in [2.75, 3.05) is 50.8 Å². The van der Waals surface area contributed by atoms with E-state index in [4.69, 9.17) is 4.74 Å². The van der Waals surface area contributed by atoms with Crippen LogP contribution in [0.3, 0.4) is 0 Å². The van der Waals surface area contributed by atoms with Crippen LogP contribution in [0, 0.1) is 23.7 Å². The molecule has 2 aliphatic rings. The molecule has 0 aromatic heterocycles. The van der Waals surface area contributed by atoms with Gasteiger partial charge in [0.1, 0.15) is 11.5 Å². The van der Waals surface area contributed by atoms with Gasteiger partial charge in [-0.05, 0) is 85.0 Å². The van der Waals surface area contributed by atoms with E-state index in [1.165, 1.54) is 12.8 Å². The summed E-state index contributed by atoms with van der Waals surface area (Å²) in [6, 6.07) is 12.9. The molecule has 0 radical (unpaired) electrons. The lowest BCUT2D eigenvalue weighted by Crippen LogP contribution is -2.41. The summed E-state index contributed by atoms with van der Waals surface area (Å²) >= 11 is 0. The van der Waals surface area contributed by atoms with E-state index in [0.29, 0.717) is 48.3 Å². The van der Waals surface area contributed by atoms with E-state index >= 15 is 0 Å². The molecule has 7 nitrogen and oxygen atoms in total. The maximum atomic E-state index is 12.9. The fourth-order valence-electron chi connectivity index (χ4n) is 6.25. The summed E-state index contributed by atoms with van der Waals surface area (Å²) in [5.41, 5.74) is 0. The van der Waals surface area contributed by atoms with Crippen LogP contribution in [0.25, 0.3) is 0 Å². The summed E-state index contributed by atoms with van der Waals surface area (Å²) < 4.78 is 57.5. The molecule has 0 spiro atoms. The number of nitrogens with zero attached hydrogens (tertiary/aromatic N) is 2. The Bertz CT molecular complexity index is 1170. The van der Waals surface area contributed by atoms with Crippen molar-refractivity contribution in [3.05, 3.63) is 48.5 Å². The van der Waals surface area contributed by atoms with E-state index in [-0.39, 0.29) is 21.3 Å². The van der Waals surface area contributed by atoms with E-state index in [0.717, 1.165) is 26.2 Å². The van der Waals surface area contributed by atoms with Gasteiger partial charge < -0.3 is 14.5 Å². The fraction of sp³-hybridized carbons (Fsp3) is 0.600. The number of sulfone groups is 2. The third-order valence-corrected chi connectivity index (χ3v) is 11.3. The average Bonchev–Trinajstić information content (AvgIpc) is 2.86. The van der Waals surface area contributed by atoms with Gasteiger partial charge in [-0.15, -0.1) is 0 Å². The fourth-order valence-corrected chi connectivity index (χ4v) is 8.82. The second-order valence-electron chi connectivity index (χ2n) is 12.1. The summed E-state index contributed by atoms with van der Waals surface area (Å²) in [4.78, 5) is 5.08. The highest BCUT2D eigenvalue weighted by Crippen LogP contribution is 2.26. The quantitative estimate of drug-likeness (QED) is 0.394. The number of rotatable bonds is 10. The minimum Gasteiger partial charge on any atom is -0.457 e. The molecular weight excluding hydrogens is 532 g/mol. The second-order valence-corrected chi connectivity index (χ2v) is 16.3. The van der Waals surface area contributed by atoms with E-state index in [9.17, 15) is 16.8 Å². The number of hydrogen-bond acceptors (Lipinski definition) is 7. The Labute approximate surface area is 235 Å². The lowest BCUT2D eigenvalue weighted by Gasteiger charge is -2.34. The van der Waals surface area contributed by atoms with Crippen molar-refractivity contribution >= 4 is 19.7 Å². The smallest absolute Gasteiger partial charge is 0.179 e. The molecule has 2 aromatic rings. The van der Waals surface area contributed by atoms with Crippen LogP contribution in [-0.4, -0.2) is 77.4 Å². The molecule has 39 heavy (non-hydrogen) atoms. The van der Waals surface area contributed by atoms with Crippen LogP contribution in [0.15, 0.2) is 58.3 Å². The van der Waals surface area contributed by atoms with Crippen molar-refractivity contribution in [2.45, 2.75) is 50.3 Å². The maximum Gasteiger partial charge on any atom is 0.179 e. The molecule has 0 amide bonds. The molecule has 2 aliphatic heterocycles. The minimum atomic E-state index is -3.39. The van der Waals surface area contributed by atoms with Gasteiger partial charge in [-0.25, -0.2) is 16.8 Å². The van der Waals surface area contributed by atoms with Crippen molar-refractivity contribution in [3.63, 3.8) is 0 Å². The molecule has 0 aliphatic carbocycles. The first-order valence-electron chi connectivity index (χ1n) is 14.2. The van der Waals surface area contributed by atoms with Gasteiger partial charge in [0, 0.05) is 39.3 Å². The predicted octanol–water partition coefficient (Wildman–Crippen LogP) is 4.98. The lowest BCUT2D eigenvalue weighted by molar-refractivity contribution is 0.148. The highest BCUT2D eigenvalue weighted by Gasteiger charge is 2.25. The van der Waals surface area contributed by atoms with E-state index in [1.54, 1.807) is 48.5 Å². The third kappa shape index (κ3) is 8.52. The summed E-state index contributed by atoms with van der Waals surface area (Å²) in [5.74, 6) is 3.55. The first-order valence-corrected chi connectivity index (χ1v) is 17.5. The molecule has 9 heteroatoms. The molecule has 4 rings (SSSR count). The molecular formula is C30H44N2O5S2. The van der Waals surface area contributed by atoms with Gasteiger partial charge in [-0.3, -0.25) is 0 Å². The Hall–Kier alpha value is -1.94. The van der Waals surface area contributed by atoms with Crippen molar-refractivity contribution in [2.24, 2.45) is 23.7 Å². The number of piperidine rings is 2. The lowest BCUT2D eigenvalue weighted by atomic mass is 9.92. The maximum absolute atomic E-state index is 12.9. The standard InChI is InChI=1S/C30H44N2O5S2/c1-23-17-24(2)20-31(19-23)13-15-38(33,34)29-9-5-27(6-10-29)37-28-7-11-30(12-8-28)39(35,36)16-14-32-21-25(3)18-26(4)22-32/h5-12,23-26H,13-22H2,1-4H3/t23-,24-,25-,26+/m1/s1. The van der Waals surface area contributed by atoms with Gasteiger partial charge in [0.15, 0.2) is 19.7 Å². The Balaban J connectivity index is 1.30. The van der Waals surface area contributed by atoms with Crippen molar-refractivity contribution in [1.82, 2.24) is 9.80 Å². The average molecular weight is 577 g/mol. The Morgan fingerprint density at radius 1 is 0.590 bits per heavy atom. The highest BCUT2D eigenvalue weighted by molar-refractivity contribution is 7.91. The van der Waals surface area contributed by atoms with Crippen molar-refractivity contribution in [1.29, 1.82) is 0 Å². The van der Waals surface area contributed by atoms with E-state index < -0.39 is 19.7 Å². The Kier molecular flexibility index (Phi) is 9.78.